The van der Waals surface area contributed by atoms with E-state index in [2.05, 4.69) is 15.4 Å². The summed E-state index contributed by atoms with van der Waals surface area (Å²) >= 11 is 4.93. The Kier molecular flexibility index (Phi) is 6.43. The van der Waals surface area contributed by atoms with E-state index in [1.807, 2.05) is 0 Å². The molecular formula is C11H20N2O5S. The Balaban J connectivity index is 2.47. The van der Waals surface area contributed by atoms with Crippen LogP contribution in [0.25, 0.3) is 0 Å². The summed E-state index contributed by atoms with van der Waals surface area (Å²) in [5.74, 6) is -0.373. The van der Waals surface area contributed by atoms with Gasteiger partial charge in [0.15, 0.2) is 5.11 Å². The maximum atomic E-state index is 11.0. The standard InChI is InChI=1S/C11H20N2O5S/c1-12-11(19)13-6-5-18-7(10(16)9(6)15)3-4-8(14)17-2/h6-7,9-10,15-16H,3-5H2,1-2H3,(H2,12,13,19)/t6-,7+,9+,10+/m0/s1. The van der Waals surface area contributed by atoms with Crippen molar-refractivity contribution < 1.29 is 24.5 Å². The summed E-state index contributed by atoms with van der Waals surface area (Å²) in [6.07, 6.45) is -2.24. The second kappa shape index (κ2) is 7.59. The lowest BCUT2D eigenvalue weighted by molar-refractivity contribution is -0.156. The fourth-order valence-corrected chi connectivity index (χ4v) is 2.02. The van der Waals surface area contributed by atoms with E-state index in [-0.39, 0.29) is 19.0 Å². The van der Waals surface area contributed by atoms with E-state index >= 15 is 0 Å². The molecule has 4 N–H and O–H groups in total. The van der Waals surface area contributed by atoms with Crippen molar-refractivity contribution in [3.8, 4) is 0 Å². The lowest BCUT2D eigenvalue weighted by Gasteiger charge is -2.38. The second-order valence-corrected chi connectivity index (χ2v) is 4.71. The maximum absolute atomic E-state index is 11.0. The highest BCUT2D eigenvalue weighted by molar-refractivity contribution is 7.80. The number of nitrogens with one attached hydrogen (secondary N) is 2. The largest absolute Gasteiger partial charge is 0.469 e. The first-order valence-electron chi connectivity index (χ1n) is 6.02. The minimum absolute atomic E-state index is 0.137. The zero-order valence-corrected chi connectivity index (χ0v) is 11.8. The predicted molar refractivity (Wildman–Crippen MR) is 71.6 cm³/mol. The summed E-state index contributed by atoms with van der Waals surface area (Å²) in [5, 5.41) is 25.9. The molecule has 0 unspecified atom stereocenters. The number of aliphatic hydroxyl groups is 2. The molecule has 0 bridgehead atoms. The van der Waals surface area contributed by atoms with Crippen LogP contribution in [0.15, 0.2) is 0 Å². The van der Waals surface area contributed by atoms with Gasteiger partial charge in [-0.25, -0.2) is 0 Å². The van der Waals surface area contributed by atoms with Crippen molar-refractivity contribution in [3.05, 3.63) is 0 Å². The van der Waals surface area contributed by atoms with Crippen molar-refractivity contribution in [2.75, 3.05) is 20.8 Å². The van der Waals surface area contributed by atoms with Crippen LogP contribution in [0.4, 0.5) is 0 Å². The molecule has 0 amide bonds. The Morgan fingerprint density at radius 2 is 2.16 bits per heavy atom. The van der Waals surface area contributed by atoms with Crippen LogP contribution in [-0.4, -0.2) is 66.4 Å². The lowest BCUT2D eigenvalue weighted by Crippen LogP contribution is -2.60. The molecule has 110 valence electrons. The number of rotatable bonds is 4. The highest BCUT2D eigenvalue weighted by Gasteiger charge is 2.38. The molecule has 19 heavy (non-hydrogen) atoms. The van der Waals surface area contributed by atoms with Gasteiger partial charge >= 0.3 is 5.97 Å². The smallest absolute Gasteiger partial charge is 0.305 e. The molecule has 7 nitrogen and oxygen atoms in total. The van der Waals surface area contributed by atoms with Crippen LogP contribution in [0.1, 0.15) is 12.8 Å². The monoisotopic (exact) mass is 292 g/mol. The van der Waals surface area contributed by atoms with Crippen molar-refractivity contribution in [3.63, 3.8) is 0 Å². The van der Waals surface area contributed by atoms with Gasteiger partial charge < -0.3 is 30.3 Å². The topological polar surface area (TPSA) is 100 Å². The van der Waals surface area contributed by atoms with Gasteiger partial charge in [0.05, 0.1) is 25.9 Å². The molecule has 1 aliphatic heterocycles. The minimum atomic E-state index is -1.07. The maximum Gasteiger partial charge on any atom is 0.305 e. The third-order valence-corrected chi connectivity index (χ3v) is 3.36. The first kappa shape index (κ1) is 16.1. The number of hydrogen-bond donors (Lipinski definition) is 4. The van der Waals surface area contributed by atoms with Crippen LogP contribution < -0.4 is 10.6 Å². The molecule has 1 heterocycles. The van der Waals surface area contributed by atoms with Gasteiger partial charge in [0, 0.05) is 13.5 Å². The van der Waals surface area contributed by atoms with Crippen LogP contribution in [0.5, 0.6) is 0 Å². The molecule has 1 aliphatic rings. The van der Waals surface area contributed by atoms with E-state index in [1.165, 1.54) is 7.11 Å². The Morgan fingerprint density at radius 3 is 2.74 bits per heavy atom. The first-order chi connectivity index (χ1) is 8.99. The molecular weight excluding hydrogens is 272 g/mol. The summed E-state index contributed by atoms with van der Waals surface area (Å²) in [6, 6.07) is -0.482. The molecule has 0 aliphatic carbocycles. The molecule has 0 aromatic heterocycles. The molecule has 0 spiro atoms. The van der Waals surface area contributed by atoms with E-state index < -0.39 is 24.4 Å². The number of hydrogen-bond acceptors (Lipinski definition) is 6. The normalized spacial score (nSPS) is 30.5. The van der Waals surface area contributed by atoms with E-state index in [9.17, 15) is 15.0 Å². The highest BCUT2D eigenvalue weighted by Crippen LogP contribution is 2.19. The summed E-state index contributed by atoms with van der Waals surface area (Å²) < 4.78 is 9.96. The Bertz CT molecular complexity index is 326. The van der Waals surface area contributed by atoms with Gasteiger partial charge in [0.25, 0.3) is 0 Å². The minimum Gasteiger partial charge on any atom is -0.469 e. The molecule has 0 aromatic rings. The Hall–Kier alpha value is -0.960. The van der Waals surface area contributed by atoms with Crippen molar-refractivity contribution >= 4 is 23.3 Å². The number of ether oxygens (including phenoxy) is 2. The molecule has 1 fully saturated rings. The number of aliphatic hydroxyl groups excluding tert-OH is 2. The van der Waals surface area contributed by atoms with Crippen LogP contribution >= 0.6 is 12.2 Å². The van der Waals surface area contributed by atoms with Gasteiger partial charge in [-0.15, -0.1) is 0 Å². The van der Waals surface area contributed by atoms with Crippen LogP contribution in [-0.2, 0) is 14.3 Å². The summed E-state index contributed by atoms with van der Waals surface area (Å²) in [5.41, 5.74) is 0. The lowest BCUT2D eigenvalue weighted by atomic mass is 9.95. The quantitative estimate of drug-likeness (QED) is 0.368. The fraction of sp³-hybridized carbons (Fsp3) is 0.818. The van der Waals surface area contributed by atoms with Gasteiger partial charge in [0.1, 0.15) is 12.2 Å². The summed E-state index contributed by atoms with van der Waals surface area (Å²) in [4.78, 5) is 11.0. The average molecular weight is 292 g/mol. The second-order valence-electron chi connectivity index (χ2n) is 4.30. The van der Waals surface area contributed by atoms with Gasteiger partial charge in [-0.05, 0) is 18.6 Å². The molecule has 1 rings (SSSR count). The summed E-state index contributed by atoms with van der Waals surface area (Å²) in [6.45, 7) is 0.200. The number of thiocarbonyl (C=S) groups is 1. The molecule has 0 radical (unpaired) electrons. The van der Waals surface area contributed by atoms with Gasteiger partial charge in [-0.1, -0.05) is 0 Å². The first-order valence-corrected chi connectivity index (χ1v) is 6.43. The molecule has 4 atom stereocenters. The number of carbonyl (C=O) groups excluding carboxylic acids is 1. The van der Waals surface area contributed by atoms with E-state index in [1.54, 1.807) is 7.05 Å². The van der Waals surface area contributed by atoms with E-state index in [0.717, 1.165) is 0 Å². The van der Waals surface area contributed by atoms with Crippen LogP contribution in [0, 0.1) is 0 Å². The zero-order valence-electron chi connectivity index (χ0n) is 11.0. The summed E-state index contributed by atoms with van der Waals surface area (Å²) in [7, 11) is 2.95. The third-order valence-electron chi connectivity index (χ3n) is 3.04. The van der Waals surface area contributed by atoms with Crippen molar-refractivity contribution in [2.45, 2.75) is 37.2 Å². The average Bonchev–Trinajstić information content (AvgIpc) is 2.42. The van der Waals surface area contributed by atoms with E-state index in [4.69, 9.17) is 17.0 Å². The number of carbonyl (C=O) groups is 1. The number of esters is 1. The molecule has 0 aromatic carbocycles. The SMILES string of the molecule is CNC(=S)N[C@H]1CO[C@H](CCC(=O)OC)[C@@H](O)[C@@H]1O. The molecule has 0 saturated carbocycles. The van der Waals surface area contributed by atoms with Crippen molar-refractivity contribution in [2.24, 2.45) is 0 Å². The Labute approximate surface area is 117 Å². The predicted octanol–water partition coefficient (Wildman–Crippen LogP) is -1.48. The fourth-order valence-electron chi connectivity index (χ4n) is 1.87. The van der Waals surface area contributed by atoms with Crippen molar-refractivity contribution in [1.29, 1.82) is 0 Å². The van der Waals surface area contributed by atoms with Gasteiger partial charge in [-0.2, -0.15) is 0 Å². The van der Waals surface area contributed by atoms with Gasteiger partial charge in [-0.3, -0.25) is 4.79 Å². The van der Waals surface area contributed by atoms with Gasteiger partial charge in [0.2, 0.25) is 0 Å². The highest BCUT2D eigenvalue weighted by atomic mass is 32.1. The van der Waals surface area contributed by atoms with E-state index in [0.29, 0.717) is 11.5 Å². The number of methoxy groups -OCH3 is 1. The third kappa shape index (κ3) is 4.57. The Morgan fingerprint density at radius 1 is 1.47 bits per heavy atom. The van der Waals surface area contributed by atoms with Crippen LogP contribution in [0.3, 0.4) is 0 Å². The van der Waals surface area contributed by atoms with Crippen molar-refractivity contribution in [1.82, 2.24) is 10.6 Å². The molecule has 1 saturated heterocycles. The zero-order chi connectivity index (χ0) is 14.4. The van der Waals surface area contributed by atoms with Crippen LogP contribution in [0.2, 0.25) is 0 Å². The molecule has 8 heteroatoms.